The summed E-state index contributed by atoms with van der Waals surface area (Å²) in [6.45, 7) is 0. The highest BCUT2D eigenvalue weighted by atomic mass is 14.8. The molecule has 0 amide bonds. The van der Waals surface area contributed by atoms with Gasteiger partial charge in [0.1, 0.15) is 0 Å². The minimum Gasteiger partial charge on any atom is -0.252 e. The predicted octanol–water partition coefficient (Wildman–Crippen LogP) is 15.9. The SMILES string of the molecule is C1=CCC2C(=C1)N=C(c1ccc(-c3ccc4c(c3)C3C=CC=CC3c3ccccc3-4)cc1)c1cc3c(cc12)-c1ccccc1-c1ccccc1-c1ccccc1C1CC31c1ccccc1. The first-order valence-corrected chi connectivity index (χ1v) is 23.4. The molecule has 5 unspecified atom stereocenters. The van der Waals surface area contributed by atoms with Gasteiger partial charge in [-0.25, -0.2) is 0 Å². The lowest BCUT2D eigenvalue weighted by Crippen LogP contribution is -2.22. The minimum atomic E-state index is -0.214. The molecular formula is C64H45N. The maximum atomic E-state index is 5.62. The normalized spacial score (nSPS) is 22.1. The van der Waals surface area contributed by atoms with Crippen molar-refractivity contribution < 1.29 is 0 Å². The molecule has 306 valence electrons. The fraction of sp³-hybridized carbons (Fsp3) is 0.109. The van der Waals surface area contributed by atoms with E-state index < -0.39 is 0 Å². The first-order chi connectivity index (χ1) is 32.2. The maximum absolute atomic E-state index is 5.62. The van der Waals surface area contributed by atoms with Crippen LogP contribution in [0.15, 0.2) is 235 Å². The highest BCUT2D eigenvalue weighted by molar-refractivity contribution is 6.16. The van der Waals surface area contributed by atoms with Crippen LogP contribution >= 0.6 is 0 Å². The number of allylic oxidation sites excluding steroid dienone is 8. The van der Waals surface area contributed by atoms with E-state index in [-0.39, 0.29) is 11.3 Å². The second-order valence-corrected chi connectivity index (χ2v) is 18.8. The van der Waals surface area contributed by atoms with Gasteiger partial charge in [-0.1, -0.05) is 200 Å². The fourth-order valence-corrected chi connectivity index (χ4v) is 12.5. The van der Waals surface area contributed by atoms with Crippen LogP contribution in [0.1, 0.15) is 81.0 Å². The Labute approximate surface area is 381 Å². The average Bonchev–Trinajstić information content (AvgIpc) is 4.15. The zero-order chi connectivity index (χ0) is 42.6. The van der Waals surface area contributed by atoms with Crippen molar-refractivity contribution in [2.24, 2.45) is 4.99 Å². The standard InChI is InChI=1S/C64H45N/c1-2-16-43(17-3-1)64-39-61(64)54-27-13-12-24-50(54)46-20-6-4-18-44(46)48-22-9-11-26-52(48)58-37-57-55-28-14-15-29-62(55)65-63(59(57)38-60(58)64)41-32-30-40(31-33-41)42-34-35-53-49-23-7-5-19-45(49)47-21-8-10-25-51(47)56(53)36-42/h1-27,29-38,47,51,55,61H,28,39H2. The molecule has 6 aliphatic rings. The molecule has 0 radical (unpaired) electrons. The molecule has 1 nitrogen and oxygen atoms in total. The Hall–Kier alpha value is -7.61. The second-order valence-electron chi connectivity index (χ2n) is 18.8. The first kappa shape index (κ1) is 36.8. The molecule has 0 N–H and O–H groups in total. The van der Waals surface area contributed by atoms with Crippen molar-refractivity contribution in [3.8, 4) is 55.6 Å². The molecule has 65 heavy (non-hydrogen) atoms. The molecule has 14 rings (SSSR count). The summed E-state index contributed by atoms with van der Waals surface area (Å²) in [6.07, 6.45) is 17.9. The lowest BCUT2D eigenvalue weighted by Gasteiger charge is -2.34. The zero-order valence-electron chi connectivity index (χ0n) is 36.0. The lowest BCUT2D eigenvalue weighted by atomic mass is 9.69. The molecule has 1 heterocycles. The van der Waals surface area contributed by atoms with Crippen molar-refractivity contribution >= 4 is 5.71 Å². The summed E-state index contributed by atoms with van der Waals surface area (Å²) in [6, 6.07) is 69.3. The number of fused-ring (bicyclic) bond motifs is 19. The summed E-state index contributed by atoms with van der Waals surface area (Å²) in [4.78, 5) is 5.62. The smallest absolute Gasteiger partial charge is 0.0780 e. The number of hydrogen-bond donors (Lipinski definition) is 0. The van der Waals surface area contributed by atoms with Crippen LogP contribution in [0.3, 0.4) is 0 Å². The third-order valence-electron chi connectivity index (χ3n) is 15.6. The summed E-state index contributed by atoms with van der Waals surface area (Å²) < 4.78 is 0. The van der Waals surface area contributed by atoms with Gasteiger partial charge in [0.25, 0.3) is 0 Å². The molecule has 0 saturated heterocycles. The van der Waals surface area contributed by atoms with Gasteiger partial charge in [0, 0.05) is 40.0 Å². The zero-order valence-corrected chi connectivity index (χ0v) is 36.0. The quantitative estimate of drug-likeness (QED) is 0.168. The molecule has 1 aliphatic heterocycles. The molecule has 0 spiro atoms. The van der Waals surface area contributed by atoms with Crippen LogP contribution < -0.4 is 0 Å². The van der Waals surface area contributed by atoms with Gasteiger partial charge in [0.05, 0.1) is 5.71 Å². The van der Waals surface area contributed by atoms with Crippen LogP contribution in [-0.4, -0.2) is 5.71 Å². The largest absolute Gasteiger partial charge is 0.252 e. The lowest BCUT2D eigenvalue weighted by molar-refractivity contribution is 0.720. The van der Waals surface area contributed by atoms with Crippen molar-refractivity contribution in [1.29, 1.82) is 0 Å². The van der Waals surface area contributed by atoms with Crippen LogP contribution in [0.4, 0.5) is 0 Å². The van der Waals surface area contributed by atoms with E-state index in [9.17, 15) is 0 Å². The maximum Gasteiger partial charge on any atom is 0.0780 e. The van der Waals surface area contributed by atoms with Crippen molar-refractivity contribution in [3.05, 3.63) is 275 Å². The summed E-state index contributed by atoms with van der Waals surface area (Å²) >= 11 is 0. The highest BCUT2D eigenvalue weighted by Crippen LogP contribution is 2.68. The summed E-state index contributed by atoms with van der Waals surface area (Å²) in [5, 5.41) is 0. The van der Waals surface area contributed by atoms with Crippen molar-refractivity contribution in [2.75, 3.05) is 0 Å². The average molecular weight is 828 g/mol. The van der Waals surface area contributed by atoms with Gasteiger partial charge in [0.2, 0.25) is 0 Å². The van der Waals surface area contributed by atoms with E-state index >= 15 is 0 Å². The molecule has 8 aromatic carbocycles. The van der Waals surface area contributed by atoms with Gasteiger partial charge < -0.3 is 0 Å². The van der Waals surface area contributed by atoms with Gasteiger partial charge in [-0.05, 0) is 132 Å². The second kappa shape index (κ2) is 14.2. The summed E-state index contributed by atoms with van der Waals surface area (Å²) in [5.41, 5.74) is 25.8. The van der Waals surface area contributed by atoms with E-state index in [1.54, 1.807) is 0 Å². The van der Waals surface area contributed by atoms with E-state index in [4.69, 9.17) is 4.99 Å². The summed E-state index contributed by atoms with van der Waals surface area (Å²) in [5.74, 6) is 1.19. The Balaban J connectivity index is 0.957. The molecule has 1 saturated carbocycles. The van der Waals surface area contributed by atoms with Crippen LogP contribution in [0.5, 0.6) is 0 Å². The van der Waals surface area contributed by atoms with E-state index in [1.165, 1.54) is 94.6 Å². The molecule has 0 bridgehead atoms. The van der Waals surface area contributed by atoms with Crippen molar-refractivity contribution in [1.82, 2.24) is 0 Å². The van der Waals surface area contributed by atoms with E-state index in [1.807, 2.05) is 0 Å². The number of benzene rings is 8. The Morgan fingerprint density at radius 3 is 1.72 bits per heavy atom. The van der Waals surface area contributed by atoms with Gasteiger partial charge in [0.15, 0.2) is 0 Å². The Morgan fingerprint density at radius 2 is 0.985 bits per heavy atom. The molecule has 1 heteroatoms. The van der Waals surface area contributed by atoms with Crippen LogP contribution in [0.2, 0.25) is 0 Å². The third kappa shape index (κ3) is 5.49. The van der Waals surface area contributed by atoms with Gasteiger partial charge in [-0.2, -0.15) is 0 Å². The number of nitrogens with zero attached hydrogens (tertiary/aromatic N) is 1. The molecule has 0 aromatic heterocycles. The number of hydrogen-bond acceptors (Lipinski definition) is 1. The summed E-state index contributed by atoms with van der Waals surface area (Å²) in [7, 11) is 0. The molecule has 5 aliphatic carbocycles. The van der Waals surface area contributed by atoms with E-state index in [2.05, 4.69) is 225 Å². The predicted molar refractivity (Wildman–Crippen MR) is 269 cm³/mol. The van der Waals surface area contributed by atoms with Gasteiger partial charge in [-0.3, -0.25) is 4.99 Å². The van der Waals surface area contributed by atoms with Crippen molar-refractivity contribution in [3.63, 3.8) is 0 Å². The van der Waals surface area contributed by atoms with Crippen LogP contribution in [-0.2, 0) is 5.41 Å². The van der Waals surface area contributed by atoms with E-state index in [0.717, 1.165) is 29.8 Å². The van der Waals surface area contributed by atoms with Crippen LogP contribution in [0, 0.1) is 0 Å². The number of aliphatic imine (C=N–C) groups is 1. The van der Waals surface area contributed by atoms with Crippen molar-refractivity contribution in [2.45, 2.75) is 41.9 Å². The van der Waals surface area contributed by atoms with Gasteiger partial charge >= 0.3 is 0 Å². The third-order valence-corrected chi connectivity index (χ3v) is 15.6. The van der Waals surface area contributed by atoms with Gasteiger partial charge in [-0.15, -0.1) is 0 Å². The van der Waals surface area contributed by atoms with Crippen LogP contribution in [0.25, 0.3) is 55.6 Å². The molecular weight excluding hydrogens is 783 g/mol. The monoisotopic (exact) mass is 827 g/mol. The Morgan fingerprint density at radius 1 is 0.415 bits per heavy atom. The Bertz CT molecular complexity index is 3450. The molecule has 8 aromatic rings. The Kier molecular flexibility index (Phi) is 8.04. The first-order valence-electron chi connectivity index (χ1n) is 23.4. The molecule has 5 atom stereocenters. The number of rotatable bonds is 3. The fourth-order valence-electron chi connectivity index (χ4n) is 12.5. The topological polar surface area (TPSA) is 12.4 Å². The van der Waals surface area contributed by atoms with E-state index in [0.29, 0.717) is 17.8 Å². The highest BCUT2D eigenvalue weighted by Gasteiger charge is 2.59. The minimum absolute atomic E-state index is 0.190. The molecule has 1 fully saturated rings.